The highest BCUT2D eigenvalue weighted by Gasteiger charge is 2.58. The highest BCUT2D eigenvalue weighted by molar-refractivity contribution is 5.74. The van der Waals surface area contributed by atoms with Crippen molar-refractivity contribution in [1.29, 1.82) is 0 Å². The molecule has 3 amide bonds. The standard InChI is InChI=1S/C42H71N3O31/c1-10(51)43-19-29(61)33(17(8-50)67-37(19)65)73-40-32(64)34(74-42-36(31(63)25(57)16(7-49)71-42)76-39-21(45-12(3)53)28(60)23(55)14(5-47)69-39)26(58)18(72-40)9-66-41-35(30(62)24(56)15(6-48)70-41)75-38-20(44-11(2)52)27(59)22(54)13(4-46)68-38/h13-42,46-50,54-65H,4-9H2,1-3H3,(H,43,51)(H,44,52)(H,45,53)/t13-,14-,15-,16-,17-,18-,19-,20-,21-,22-,23-,24-,25-,26-,27-,28-,29-,30+,31+,32+,33-,34+,35+,36+,37?,38+,39+,40+,41+,42-/m1/s1. The fraction of sp³-hybridized carbons (Fsp3) is 0.929. The number of amides is 3. The van der Waals surface area contributed by atoms with Gasteiger partial charge in [-0.05, 0) is 0 Å². The van der Waals surface area contributed by atoms with Gasteiger partial charge in [0.15, 0.2) is 37.7 Å². The van der Waals surface area contributed by atoms with E-state index in [2.05, 4.69) is 16.0 Å². The molecular weight excluding hydrogens is 1040 g/mol. The van der Waals surface area contributed by atoms with Crippen LogP contribution in [0.15, 0.2) is 0 Å². The van der Waals surface area contributed by atoms with E-state index >= 15 is 0 Å². The SMILES string of the molecule is CC(=O)N[C@H]1[C@H](O[C@@H]2[C@@H](OC[C@H]3O[C@@H](O[C@H]4[C@H](O)[C@@H](NC(C)=O)C(O)O[C@@H]4CO)[C@@H](O)[C@@H](O[C@H]4O[C@H](CO)[C@@H](O)[C@H](O)[C@@H]4O[C@@H]4O[C@H](CO)[C@@H](O)[C@H](O)[C@H]4NC(C)=O)[C@@H]3O)O[C@H](CO)[C@@H](O)[C@@H]2O)O[C@H](CO)[C@@H](O)[C@@H]1O. The fourth-order valence-electron chi connectivity index (χ4n) is 9.58. The molecule has 0 radical (unpaired) electrons. The molecule has 6 saturated heterocycles. The molecule has 76 heavy (non-hydrogen) atoms. The number of aliphatic hydroxyl groups excluding tert-OH is 17. The molecule has 0 aliphatic carbocycles. The molecule has 0 aromatic heterocycles. The monoisotopic (exact) mass is 1110 g/mol. The fourth-order valence-corrected chi connectivity index (χ4v) is 9.58. The van der Waals surface area contributed by atoms with Crippen molar-refractivity contribution in [3.05, 3.63) is 0 Å². The first-order chi connectivity index (χ1) is 35.9. The van der Waals surface area contributed by atoms with E-state index in [-0.39, 0.29) is 0 Å². The van der Waals surface area contributed by atoms with Crippen molar-refractivity contribution in [2.24, 2.45) is 0 Å². The molecule has 20 N–H and O–H groups in total. The van der Waals surface area contributed by atoms with Gasteiger partial charge in [-0.3, -0.25) is 14.4 Å². The molecule has 6 fully saturated rings. The van der Waals surface area contributed by atoms with Gasteiger partial charge in [0.25, 0.3) is 0 Å². The molecule has 0 aromatic carbocycles. The van der Waals surface area contributed by atoms with Gasteiger partial charge in [-0.15, -0.1) is 0 Å². The van der Waals surface area contributed by atoms with Crippen LogP contribution in [0.4, 0.5) is 0 Å². The average Bonchev–Trinajstić information content (AvgIpc) is 3.37. The number of aliphatic hydroxyl groups is 17. The zero-order valence-electron chi connectivity index (χ0n) is 40.9. The summed E-state index contributed by atoms with van der Waals surface area (Å²) < 4.78 is 64.0. The quantitative estimate of drug-likeness (QED) is 0.0571. The van der Waals surface area contributed by atoms with Crippen LogP contribution in [0.5, 0.6) is 0 Å². The molecule has 6 aliphatic rings. The lowest BCUT2D eigenvalue weighted by molar-refractivity contribution is -0.394. The van der Waals surface area contributed by atoms with Crippen molar-refractivity contribution in [3.8, 4) is 0 Å². The first-order valence-corrected chi connectivity index (χ1v) is 24.1. The van der Waals surface area contributed by atoms with E-state index in [0.717, 1.165) is 20.8 Å². The van der Waals surface area contributed by atoms with Crippen LogP contribution in [0, 0.1) is 0 Å². The molecular formula is C42H71N3O31. The summed E-state index contributed by atoms with van der Waals surface area (Å²) in [5.74, 6) is -2.35. The van der Waals surface area contributed by atoms with Gasteiger partial charge in [0.1, 0.15) is 146 Å². The Morgan fingerprint density at radius 1 is 0.342 bits per heavy atom. The van der Waals surface area contributed by atoms with Gasteiger partial charge in [0.2, 0.25) is 17.7 Å². The molecule has 440 valence electrons. The molecule has 1 unspecified atom stereocenters. The van der Waals surface area contributed by atoms with Gasteiger partial charge in [-0.1, -0.05) is 0 Å². The number of hydrogen-bond acceptors (Lipinski definition) is 31. The summed E-state index contributed by atoms with van der Waals surface area (Å²) in [6.07, 6.45) is -52.5. The lowest BCUT2D eigenvalue weighted by Crippen LogP contribution is -2.69. The van der Waals surface area contributed by atoms with Crippen LogP contribution in [-0.2, 0) is 66.5 Å². The largest absolute Gasteiger partial charge is 0.394 e. The summed E-state index contributed by atoms with van der Waals surface area (Å²) in [6, 6.07) is -4.95. The molecule has 0 bridgehead atoms. The zero-order chi connectivity index (χ0) is 56.2. The van der Waals surface area contributed by atoms with E-state index in [9.17, 15) is 101 Å². The topological polar surface area (TPSA) is 533 Å². The van der Waals surface area contributed by atoms with Crippen LogP contribution in [0.2, 0.25) is 0 Å². The number of hydrogen-bond donors (Lipinski definition) is 20. The number of carbonyl (C=O) groups excluding carboxylic acids is 3. The maximum atomic E-state index is 12.2. The van der Waals surface area contributed by atoms with Crippen molar-refractivity contribution in [1.82, 2.24) is 16.0 Å². The van der Waals surface area contributed by atoms with Gasteiger partial charge < -0.3 is 155 Å². The molecule has 6 heterocycles. The molecule has 0 aromatic rings. The Kier molecular flexibility index (Phi) is 22.3. The number of ether oxygens (including phenoxy) is 11. The highest BCUT2D eigenvalue weighted by Crippen LogP contribution is 2.36. The van der Waals surface area contributed by atoms with Crippen LogP contribution in [0.3, 0.4) is 0 Å². The third-order valence-electron chi connectivity index (χ3n) is 13.6. The third kappa shape index (κ3) is 13.7. The highest BCUT2D eigenvalue weighted by atomic mass is 16.8. The predicted molar refractivity (Wildman–Crippen MR) is 234 cm³/mol. The van der Waals surface area contributed by atoms with Gasteiger partial charge in [-0.2, -0.15) is 0 Å². The molecule has 0 spiro atoms. The predicted octanol–water partition coefficient (Wildman–Crippen LogP) is -13.7. The zero-order valence-corrected chi connectivity index (χ0v) is 40.9. The van der Waals surface area contributed by atoms with E-state index in [1.54, 1.807) is 0 Å². The van der Waals surface area contributed by atoms with Crippen molar-refractivity contribution < 1.29 is 153 Å². The second-order valence-corrected chi connectivity index (χ2v) is 19.0. The molecule has 0 saturated carbocycles. The number of nitrogens with one attached hydrogen (secondary N) is 3. The summed E-state index contributed by atoms with van der Waals surface area (Å²) in [6.45, 7) is -2.74. The lowest BCUT2D eigenvalue weighted by Gasteiger charge is -2.50. The van der Waals surface area contributed by atoms with E-state index in [1.165, 1.54) is 0 Å². The summed E-state index contributed by atoms with van der Waals surface area (Å²) in [4.78, 5) is 36.5. The molecule has 6 rings (SSSR count). The molecule has 34 heteroatoms. The Balaban J connectivity index is 1.35. The average molecular weight is 1110 g/mol. The molecule has 6 aliphatic heterocycles. The summed E-state index contributed by atoms with van der Waals surface area (Å²) >= 11 is 0. The number of rotatable bonds is 19. The van der Waals surface area contributed by atoms with E-state index in [0.29, 0.717) is 0 Å². The minimum absolute atomic E-state index is 0.774. The van der Waals surface area contributed by atoms with Crippen molar-refractivity contribution >= 4 is 17.7 Å². The Morgan fingerprint density at radius 2 is 0.697 bits per heavy atom. The maximum absolute atomic E-state index is 12.2. The maximum Gasteiger partial charge on any atom is 0.217 e. The summed E-state index contributed by atoms with van der Waals surface area (Å²) in [5, 5.41) is 191. The number of carbonyl (C=O) groups is 3. The first-order valence-electron chi connectivity index (χ1n) is 24.1. The Bertz CT molecular complexity index is 1870. The second-order valence-electron chi connectivity index (χ2n) is 19.0. The first kappa shape index (κ1) is 62.5. The van der Waals surface area contributed by atoms with Gasteiger partial charge in [0, 0.05) is 20.8 Å². The van der Waals surface area contributed by atoms with E-state index < -0.39 is 241 Å². The smallest absolute Gasteiger partial charge is 0.217 e. The minimum atomic E-state index is -2.33. The van der Waals surface area contributed by atoms with Crippen LogP contribution in [0.1, 0.15) is 20.8 Å². The third-order valence-corrected chi connectivity index (χ3v) is 13.6. The summed E-state index contributed by atoms with van der Waals surface area (Å²) in [7, 11) is 0. The van der Waals surface area contributed by atoms with Crippen LogP contribution in [0.25, 0.3) is 0 Å². The van der Waals surface area contributed by atoms with Gasteiger partial charge in [0.05, 0.1) is 39.6 Å². The van der Waals surface area contributed by atoms with Crippen molar-refractivity contribution in [2.45, 2.75) is 205 Å². The lowest BCUT2D eigenvalue weighted by atomic mass is 9.94. The van der Waals surface area contributed by atoms with E-state index in [1.807, 2.05) is 0 Å². The van der Waals surface area contributed by atoms with Crippen LogP contribution < -0.4 is 16.0 Å². The van der Waals surface area contributed by atoms with E-state index in [4.69, 9.17) is 52.1 Å². The van der Waals surface area contributed by atoms with Crippen LogP contribution in [-0.4, -0.2) is 328 Å². The normalized spacial score (nSPS) is 48.2. The molecule has 34 nitrogen and oxygen atoms in total. The second kappa shape index (κ2) is 27.2. The summed E-state index contributed by atoms with van der Waals surface area (Å²) in [5.41, 5.74) is 0. The van der Waals surface area contributed by atoms with Crippen molar-refractivity contribution in [3.63, 3.8) is 0 Å². The Morgan fingerprint density at radius 3 is 1.13 bits per heavy atom. The minimum Gasteiger partial charge on any atom is -0.394 e. The Labute approximate surface area is 431 Å². The van der Waals surface area contributed by atoms with Gasteiger partial charge in [-0.25, -0.2) is 0 Å². The van der Waals surface area contributed by atoms with Crippen molar-refractivity contribution in [2.75, 3.05) is 39.6 Å². The van der Waals surface area contributed by atoms with Crippen LogP contribution >= 0.6 is 0 Å². The Hall–Kier alpha value is -2.71. The van der Waals surface area contributed by atoms with Gasteiger partial charge >= 0.3 is 0 Å². The molecule has 30 atom stereocenters.